The molecular formula is C19H18F2N2O5. The van der Waals surface area contributed by atoms with Crippen molar-refractivity contribution in [3.8, 4) is 5.75 Å². The highest BCUT2D eigenvalue weighted by Crippen LogP contribution is 2.15. The van der Waals surface area contributed by atoms with Gasteiger partial charge in [-0.15, -0.1) is 0 Å². The Hall–Kier alpha value is -3.49. The van der Waals surface area contributed by atoms with E-state index in [-0.39, 0.29) is 5.69 Å². The summed E-state index contributed by atoms with van der Waals surface area (Å²) >= 11 is 0. The maximum Gasteiger partial charge on any atom is 0.325 e. The zero-order chi connectivity index (χ0) is 20.5. The van der Waals surface area contributed by atoms with Crippen molar-refractivity contribution < 1.29 is 32.6 Å². The highest BCUT2D eigenvalue weighted by Gasteiger charge is 2.13. The van der Waals surface area contributed by atoms with Crippen LogP contribution in [0.4, 0.5) is 14.5 Å². The molecule has 0 radical (unpaired) electrons. The van der Waals surface area contributed by atoms with E-state index in [0.29, 0.717) is 17.9 Å². The molecule has 0 aliphatic rings. The van der Waals surface area contributed by atoms with Crippen LogP contribution in [0.1, 0.15) is 17.3 Å². The molecule has 0 heterocycles. The molecule has 0 spiro atoms. The first-order valence-corrected chi connectivity index (χ1v) is 8.30. The number of amides is 2. The van der Waals surface area contributed by atoms with E-state index in [1.165, 1.54) is 12.1 Å². The minimum atomic E-state index is -0.867. The van der Waals surface area contributed by atoms with E-state index < -0.39 is 42.6 Å². The molecule has 148 valence electrons. The zero-order valence-corrected chi connectivity index (χ0v) is 15.0. The van der Waals surface area contributed by atoms with Crippen molar-refractivity contribution in [3.05, 3.63) is 59.7 Å². The molecule has 28 heavy (non-hydrogen) atoms. The molecule has 0 aromatic heterocycles. The van der Waals surface area contributed by atoms with Crippen LogP contribution in [0.3, 0.4) is 0 Å². The third-order valence-corrected chi connectivity index (χ3v) is 3.39. The Morgan fingerprint density at radius 3 is 2.43 bits per heavy atom. The third-order valence-electron chi connectivity index (χ3n) is 3.39. The Morgan fingerprint density at radius 1 is 1.04 bits per heavy atom. The van der Waals surface area contributed by atoms with Crippen molar-refractivity contribution in [3.63, 3.8) is 0 Å². The van der Waals surface area contributed by atoms with E-state index >= 15 is 0 Å². The Morgan fingerprint density at radius 2 is 1.75 bits per heavy atom. The molecular weight excluding hydrogens is 374 g/mol. The van der Waals surface area contributed by atoms with Crippen LogP contribution in [0.2, 0.25) is 0 Å². The van der Waals surface area contributed by atoms with Gasteiger partial charge in [0, 0.05) is 11.6 Å². The summed E-state index contributed by atoms with van der Waals surface area (Å²) in [6.45, 7) is 1.15. The van der Waals surface area contributed by atoms with Gasteiger partial charge in [0.2, 0.25) is 0 Å². The summed E-state index contributed by atoms with van der Waals surface area (Å²) in [4.78, 5) is 35.2. The van der Waals surface area contributed by atoms with Crippen molar-refractivity contribution in [2.24, 2.45) is 0 Å². The van der Waals surface area contributed by atoms with Crippen LogP contribution >= 0.6 is 0 Å². The van der Waals surface area contributed by atoms with Gasteiger partial charge in [0.05, 0.1) is 12.3 Å². The third kappa shape index (κ3) is 6.35. The lowest BCUT2D eigenvalue weighted by Gasteiger charge is -2.09. The molecule has 0 aliphatic heterocycles. The quantitative estimate of drug-likeness (QED) is 0.673. The van der Waals surface area contributed by atoms with Gasteiger partial charge >= 0.3 is 5.97 Å². The molecule has 0 aliphatic carbocycles. The molecule has 0 bridgehead atoms. The first-order chi connectivity index (χ1) is 13.4. The number of ether oxygens (including phenoxy) is 2. The average Bonchev–Trinajstić information content (AvgIpc) is 2.68. The van der Waals surface area contributed by atoms with Gasteiger partial charge in [-0.1, -0.05) is 0 Å². The lowest BCUT2D eigenvalue weighted by Crippen LogP contribution is -2.32. The number of anilines is 1. The van der Waals surface area contributed by atoms with Gasteiger partial charge in [0.25, 0.3) is 11.8 Å². The molecule has 0 saturated carbocycles. The van der Waals surface area contributed by atoms with Crippen LogP contribution < -0.4 is 15.4 Å². The fraction of sp³-hybridized carbons (Fsp3) is 0.211. The van der Waals surface area contributed by atoms with Crippen molar-refractivity contribution in [2.45, 2.75) is 6.92 Å². The largest absolute Gasteiger partial charge is 0.494 e. The van der Waals surface area contributed by atoms with E-state index in [1.54, 1.807) is 12.1 Å². The van der Waals surface area contributed by atoms with E-state index in [0.717, 1.165) is 18.2 Å². The van der Waals surface area contributed by atoms with Gasteiger partial charge < -0.3 is 20.1 Å². The number of halogens is 2. The lowest BCUT2D eigenvalue weighted by molar-refractivity contribution is -0.146. The summed E-state index contributed by atoms with van der Waals surface area (Å²) < 4.78 is 36.4. The number of hydrogen-bond donors (Lipinski definition) is 2. The molecule has 0 unspecified atom stereocenters. The lowest BCUT2D eigenvalue weighted by atomic mass is 10.2. The second-order valence-electron chi connectivity index (χ2n) is 5.47. The first-order valence-electron chi connectivity index (χ1n) is 8.30. The fourth-order valence-electron chi connectivity index (χ4n) is 2.10. The van der Waals surface area contributed by atoms with Gasteiger partial charge in [0.15, 0.2) is 6.61 Å². The van der Waals surface area contributed by atoms with Gasteiger partial charge in [0.1, 0.15) is 23.9 Å². The van der Waals surface area contributed by atoms with Crippen LogP contribution in [0.25, 0.3) is 0 Å². The van der Waals surface area contributed by atoms with Gasteiger partial charge in [-0.3, -0.25) is 14.4 Å². The summed E-state index contributed by atoms with van der Waals surface area (Å²) in [7, 11) is 0. The number of rotatable bonds is 8. The molecule has 2 aromatic carbocycles. The Kier molecular flexibility index (Phi) is 7.44. The Bertz CT molecular complexity index is 856. The molecule has 0 atom stereocenters. The monoisotopic (exact) mass is 392 g/mol. The summed E-state index contributed by atoms with van der Waals surface area (Å²) in [6, 6.07) is 8.86. The molecule has 2 rings (SSSR count). The van der Waals surface area contributed by atoms with Gasteiger partial charge in [-0.2, -0.15) is 0 Å². The fourth-order valence-corrected chi connectivity index (χ4v) is 2.10. The van der Waals surface area contributed by atoms with Crippen LogP contribution in [-0.4, -0.2) is 37.5 Å². The van der Waals surface area contributed by atoms with Gasteiger partial charge in [-0.05, 0) is 43.3 Å². The number of carbonyl (C=O) groups is 3. The highest BCUT2D eigenvalue weighted by molar-refractivity contribution is 5.96. The minimum Gasteiger partial charge on any atom is -0.494 e. The topological polar surface area (TPSA) is 93.7 Å². The average molecular weight is 392 g/mol. The normalized spacial score (nSPS) is 10.1. The van der Waals surface area contributed by atoms with Crippen LogP contribution in [0.5, 0.6) is 5.75 Å². The van der Waals surface area contributed by atoms with Crippen LogP contribution in [-0.2, 0) is 14.3 Å². The molecule has 0 fully saturated rings. The zero-order valence-electron chi connectivity index (χ0n) is 15.0. The molecule has 0 saturated heterocycles. The number of benzene rings is 2. The van der Waals surface area contributed by atoms with Crippen LogP contribution in [0.15, 0.2) is 42.5 Å². The number of hydrogen-bond acceptors (Lipinski definition) is 5. The number of carbonyl (C=O) groups excluding carboxylic acids is 3. The second kappa shape index (κ2) is 10.0. The Balaban J connectivity index is 1.75. The summed E-state index contributed by atoms with van der Waals surface area (Å²) in [6.07, 6.45) is 0. The van der Waals surface area contributed by atoms with Crippen molar-refractivity contribution >= 4 is 23.5 Å². The molecule has 2 N–H and O–H groups in total. The number of esters is 1. The highest BCUT2D eigenvalue weighted by atomic mass is 19.1. The minimum absolute atomic E-state index is 0.315. The molecule has 2 amide bonds. The van der Waals surface area contributed by atoms with E-state index in [9.17, 15) is 23.2 Å². The summed E-state index contributed by atoms with van der Waals surface area (Å²) in [5.41, 5.74) is -0.0552. The van der Waals surface area contributed by atoms with E-state index in [4.69, 9.17) is 4.74 Å². The van der Waals surface area contributed by atoms with Crippen molar-refractivity contribution in [2.75, 3.05) is 25.1 Å². The maximum absolute atomic E-state index is 13.4. The smallest absolute Gasteiger partial charge is 0.325 e. The molecule has 7 nitrogen and oxygen atoms in total. The standard InChI is InChI=1S/C19H18F2N2O5/c1-2-27-14-6-3-12(4-7-14)19(26)22-10-18(25)28-11-17(24)23-16-9-13(20)5-8-15(16)21/h3-9H,2,10-11H2,1H3,(H,22,26)(H,23,24). The summed E-state index contributed by atoms with van der Waals surface area (Å²) in [5.74, 6) is -3.18. The maximum atomic E-state index is 13.4. The van der Waals surface area contributed by atoms with Crippen molar-refractivity contribution in [1.82, 2.24) is 5.32 Å². The van der Waals surface area contributed by atoms with Crippen molar-refractivity contribution in [1.29, 1.82) is 0 Å². The SMILES string of the molecule is CCOc1ccc(C(=O)NCC(=O)OCC(=O)Nc2cc(F)ccc2F)cc1. The predicted octanol–water partition coefficient (Wildman–Crippen LogP) is 2.28. The number of nitrogens with one attached hydrogen (secondary N) is 2. The van der Waals surface area contributed by atoms with E-state index in [2.05, 4.69) is 15.4 Å². The van der Waals surface area contributed by atoms with Crippen LogP contribution in [0, 0.1) is 11.6 Å². The summed E-state index contributed by atoms with van der Waals surface area (Å²) in [5, 5.41) is 4.43. The Labute approximate surface area is 159 Å². The molecule has 2 aromatic rings. The van der Waals surface area contributed by atoms with E-state index in [1.807, 2.05) is 6.92 Å². The molecule has 9 heteroatoms. The first kappa shape index (κ1) is 20.8. The van der Waals surface area contributed by atoms with Gasteiger partial charge in [-0.25, -0.2) is 8.78 Å². The second-order valence-corrected chi connectivity index (χ2v) is 5.47. The predicted molar refractivity (Wildman–Crippen MR) is 95.9 cm³/mol.